The van der Waals surface area contributed by atoms with Crippen LogP contribution >= 0.6 is 11.6 Å². The van der Waals surface area contributed by atoms with E-state index in [-0.39, 0.29) is 6.04 Å². The molecule has 0 aliphatic carbocycles. The monoisotopic (exact) mass is 355 g/mol. The van der Waals surface area contributed by atoms with Gasteiger partial charge in [0.2, 0.25) is 0 Å². The van der Waals surface area contributed by atoms with Crippen LogP contribution in [0.2, 0.25) is 5.02 Å². The molecule has 0 N–H and O–H groups in total. The Morgan fingerprint density at radius 2 is 2.08 bits per heavy atom. The molecular formula is C19H18ClN3O2. The number of esters is 1. The van der Waals surface area contributed by atoms with Crippen LogP contribution in [0.1, 0.15) is 22.5 Å². The molecule has 2 aromatic heterocycles. The van der Waals surface area contributed by atoms with Crippen molar-refractivity contribution in [3.8, 4) is 0 Å². The zero-order chi connectivity index (χ0) is 17.2. The number of carbonyl (C=O) groups excluding carboxylic acids is 1. The van der Waals surface area contributed by atoms with E-state index in [1.807, 2.05) is 18.2 Å². The topological polar surface area (TPSA) is 46.8 Å². The van der Waals surface area contributed by atoms with Gasteiger partial charge in [0.25, 0.3) is 0 Å². The third kappa shape index (κ3) is 3.52. The molecule has 6 heteroatoms. The molecule has 3 heterocycles. The highest BCUT2D eigenvalue weighted by Gasteiger charge is 2.29. The van der Waals surface area contributed by atoms with Gasteiger partial charge in [-0.1, -0.05) is 41.9 Å². The van der Waals surface area contributed by atoms with Gasteiger partial charge in [0.05, 0.1) is 5.52 Å². The molecule has 5 nitrogen and oxygen atoms in total. The van der Waals surface area contributed by atoms with Crippen LogP contribution in [0, 0.1) is 0 Å². The van der Waals surface area contributed by atoms with Gasteiger partial charge in [0.1, 0.15) is 6.61 Å². The number of ether oxygens (including phenoxy) is 1. The van der Waals surface area contributed by atoms with E-state index in [4.69, 9.17) is 16.3 Å². The van der Waals surface area contributed by atoms with E-state index in [1.54, 1.807) is 28.9 Å². The Hall–Kier alpha value is -2.37. The summed E-state index contributed by atoms with van der Waals surface area (Å²) >= 11 is 5.96. The Balaban J connectivity index is 1.35. The Bertz CT molecular complexity index is 894. The fraction of sp³-hybridized carbons (Fsp3) is 0.263. The summed E-state index contributed by atoms with van der Waals surface area (Å²) in [6.07, 6.45) is 2.77. The van der Waals surface area contributed by atoms with Gasteiger partial charge >= 0.3 is 5.97 Å². The zero-order valence-corrected chi connectivity index (χ0v) is 14.4. The second-order valence-corrected chi connectivity index (χ2v) is 6.68. The lowest BCUT2D eigenvalue weighted by atomic mass is 10.0. The summed E-state index contributed by atoms with van der Waals surface area (Å²) in [7, 11) is 0. The van der Waals surface area contributed by atoms with E-state index < -0.39 is 5.97 Å². The van der Waals surface area contributed by atoms with Gasteiger partial charge in [0, 0.05) is 30.4 Å². The van der Waals surface area contributed by atoms with Crippen molar-refractivity contribution in [2.24, 2.45) is 0 Å². The summed E-state index contributed by atoms with van der Waals surface area (Å²) in [6, 6.07) is 15.8. The van der Waals surface area contributed by atoms with Gasteiger partial charge in [-0.2, -0.15) is 5.10 Å². The van der Waals surface area contributed by atoms with Crippen molar-refractivity contribution in [2.75, 3.05) is 13.2 Å². The van der Waals surface area contributed by atoms with Gasteiger partial charge < -0.3 is 4.74 Å². The number of pyridine rings is 1. The number of fused-ring (bicyclic) bond motifs is 1. The van der Waals surface area contributed by atoms with Gasteiger partial charge in [-0.05, 0) is 30.2 Å². The molecule has 1 aliphatic heterocycles. The predicted molar refractivity (Wildman–Crippen MR) is 95.7 cm³/mol. The minimum absolute atomic E-state index is 0.274. The van der Waals surface area contributed by atoms with E-state index in [9.17, 15) is 4.79 Å². The van der Waals surface area contributed by atoms with Gasteiger partial charge in [0.15, 0.2) is 5.69 Å². The van der Waals surface area contributed by atoms with Crippen molar-refractivity contribution >= 4 is 23.1 Å². The third-order valence-electron chi connectivity index (χ3n) is 4.54. The summed E-state index contributed by atoms with van der Waals surface area (Å²) in [5, 5.41) is 4.84. The first kappa shape index (κ1) is 16.1. The van der Waals surface area contributed by atoms with Crippen LogP contribution in [-0.2, 0) is 11.3 Å². The molecule has 0 bridgehead atoms. The van der Waals surface area contributed by atoms with Crippen molar-refractivity contribution in [2.45, 2.75) is 19.0 Å². The molecule has 25 heavy (non-hydrogen) atoms. The standard InChI is InChI=1S/C19H18ClN3O2/c20-15-6-9-23-17(10-15)11-18(21-23)19(24)25-13-16-7-8-22(16)12-14-4-2-1-3-5-14/h1-6,9-11,16H,7-8,12-13H2. The lowest BCUT2D eigenvalue weighted by Crippen LogP contribution is -2.49. The molecule has 4 rings (SSSR count). The number of hydrogen-bond donors (Lipinski definition) is 0. The molecule has 0 spiro atoms. The first-order chi connectivity index (χ1) is 12.2. The van der Waals surface area contributed by atoms with Gasteiger partial charge in [-0.3, -0.25) is 4.90 Å². The van der Waals surface area contributed by atoms with E-state index in [0.717, 1.165) is 25.0 Å². The lowest BCUT2D eigenvalue weighted by molar-refractivity contribution is 0.00477. The summed E-state index contributed by atoms with van der Waals surface area (Å²) in [5.74, 6) is -0.397. The van der Waals surface area contributed by atoms with Crippen LogP contribution in [0.5, 0.6) is 0 Å². The molecule has 3 aromatic rings. The van der Waals surface area contributed by atoms with Crippen molar-refractivity contribution in [3.63, 3.8) is 0 Å². The number of halogens is 1. The maximum atomic E-state index is 12.3. The number of aromatic nitrogens is 2. The highest BCUT2D eigenvalue weighted by Crippen LogP contribution is 2.21. The number of carbonyl (C=O) groups is 1. The number of rotatable bonds is 5. The maximum absolute atomic E-state index is 12.3. The van der Waals surface area contributed by atoms with E-state index >= 15 is 0 Å². The Labute approximate surface area is 150 Å². The number of nitrogens with zero attached hydrogens (tertiary/aromatic N) is 3. The maximum Gasteiger partial charge on any atom is 0.358 e. The molecule has 1 aromatic carbocycles. The first-order valence-corrected chi connectivity index (χ1v) is 8.67. The highest BCUT2D eigenvalue weighted by atomic mass is 35.5. The zero-order valence-electron chi connectivity index (χ0n) is 13.6. The predicted octanol–water partition coefficient (Wildman–Crippen LogP) is 3.42. The normalized spacial score (nSPS) is 17.4. The molecule has 1 aliphatic rings. The van der Waals surface area contributed by atoms with Crippen molar-refractivity contribution in [1.82, 2.24) is 14.5 Å². The molecule has 0 saturated carbocycles. The van der Waals surface area contributed by atoms with Crippen molar-refractivity contribution < 1.29 is 9.53 Å². The number of likely N-dealkylation sites (tertiary alicyclic amines) is 1. The van der Waals surface area contributed by atoms with Crippen LogP contribution in [-0.4, -0.2) is 39.7 Å². The smallest absolute Gasteiger partial charge is 0.358 e. The summed E-state index contributed by atoms with van der Waals surface area (Å²) < 4.78 is 7.09. The average molecular weight is 356 g/mol. The van der Waals surface area contributed by atoms with Crippen LogP contribution in [0.3, 0.4) is 0 Å². The summed E-state index contributed by atoms with van der Waals surface area (Å²) in [6.45, 7) is 2.31. The second kappa shape index (κ2) is 6.86. The van der Waals surface area contributed by atoms with Crippen LogP contribution in [0.15, 0.2) is 54.7 Å². The van der Waals surface area contributed by atoms with Crippen molar-refractivity contribution in [1.29, 1.82) is 0 Å². The second-order valence-electron chi connectivity index (χ2n) is 6.24. The quantitative estimate of drug-likeness (QED) is 0.658. The number of hydrogen-bond acceptors (Lipinski definition) is 4. The molecule has 128 valence electrons. The number of benzene rings is 1. The molecule has 0 amide bonds. The fourth-order valence-electron chi connectivity index (χ4n) is 3.02. The SMILES string of the molecule is O=C(OCC1CCN1Cc1ccccc1)c1cc2cc(Cl)ccn2n1. The molecule has 1 unspecified atom stereocenters. The van der Waals surface area contributed by atoms with Gasteiger partial charge in [-0.25, -0.2) is 9.31 Å². The van der Waals surface area contributed by atoms with Crippen LogP contribution in [0.25, 0.3) is 5.52 Å². The Kier molecular flexibility index (Phi) is 4.42. The summed E-state index contributed by atoms with van der Waals surface area (Å²) in [5.41, 5.74) is 2.35. The minimum atomic E-state index is -0.397. The van der Waals surface area contributed by atoms with E-state index in [0.29, 0.717) is 17.3 Å². The third-order valence-corrected chi connectivity index (χ3v) is 4.77. The van der Waals surface area contributed by atoms with E-state index in [2.05, 4.69) is 22.1 Å². The molecule has 0 radical (unpaired) electrons. The highest BCUT2D eigenvalue weighted by molar-refractivity contribution is 6.30. The van der Waals surface area contributed by atoms with Crippen molar-refractivity contribution in [3.05, 3.63) is 71.0 Å². The van der Waals surface area contributed by atoms with E-state index in [1.165, 1.54) is 5.56 Å². The molecular weight excluding hydrogens is 338 g/mol. The molecule has 1 atom stereocenters. The average Bonchev–Trinajstić information content (AvgIpc) is 3.03. The Morgan fingerprint density at radius 1 is 1.24 bits per heavy atom. The van der Waals surface area contributed by atoms with Crippen LogP contribution in [0.4, 0.5) is 0 Å². The minimum Gasteiger partial charge on any atom is -0.459 e. The Morgan fingerprint density at radius 3 is 2.84 bits per heavy atom. The van der Waals surface area contributed by atoms with Crippen LogP contribution < -0.4 is 0 Å². The molecule has 1 fully saturated rings. The molecule has 1 saturated heterocycles. The first-order valence-electron chi connectivity index (χ1n) is 8.29. The largest absolute Gasteiger partial charge is 0.459 e. The lowest BCUT2D eigenvalue weighted by Gasteiger charge is -2.40. The fourth-order valence-corrected chi connectivity index (χ4v) is 3.19. The summed E-state index contributed by atoms with van der Waals surface area (Å²) in [4.78, 5) is 14.6. The van der Waals surface area contributed by atoms with Gasteiger partial charge in [-0.15, -0.1) is 0 Å².